The fourth-order valence-electron chi connectivity index (χ4n) is 2.65. The van der Waals surface area contributed by atoms with Crippen LogP contribution in [0, 0.1) is 0 Å². The van der Waals surface area contributed by atoms with E-state index in [0.29, 0.717) is 37.4 Å². The topological polar surface area (TPSA) is 85.0 Å². The van der Waals surface area contributed by atoms with Crippen LogP contribution in [0.3, 0.4) is 0 Å². The Balaban J connectivity index is 2.02. The number of rotatable bonds is 1. The number of benzene rings is 1. The molecule has 1 aliphatic carbocycles. The lowest BCUT2D eigenvalue weighted by Gasteiger charge is -2.28. The van der Waals surface area contributed by atoms with E-state index < -0.39 is 11.6 Å². The first-order valence-corrected chi connectivity index (χ1v) is 7.15. The van der Waals surface area contributed by atoms with E-state index >= 15 is 0 Å². The fourth-order valence-corrected chi connectivity index (χ4v) is 2.65. The van der Waals surface area contributed by atoms with Crippen LogP contribution in [0.15, 0.2) is 35.0 Å². The van der Waals surface area contributed by atoms with Crippen molar-refractivity contribution in [3.05, 3.63) is 41.1 Å². The first kappa shape index (κ1) is 14.5. The molecule has 1 aliphatic heterocycles. The average molecular weight is 299 g/mol. The number of carbonyl (C=O) groups is 2. The molecule has 0 radical (unpaired) electrons. The van der Waals surface area contributed by atoms with Crippen LogP contribution in [-0.4, -0.2) is 48.7 Å². The quantitative estimate of drug-likeness (QED) is 0.471. The summed E-state index contributed by atoms with van der Waals surface area (Å²) in [5.74, 6) is -0.889. The van der Waals surface area contributed by atoms with Crippen LogP contribution in [0.1, 0.15) is 22.8 Å². The number of fused-ring (bicyclic) bond motifs is 1. The third-order valence-corrected chi connectivity index (χ3v) is 3.91. The SMILES string of the molecule is CC1=C(N=C(N)N2CCOCC2)C(=O)C(=O)c2ccccc21. The molecule has 2 N–H and O–H groups in total. The summed E-state index contributed by atoms with van der Waals surface area (Å²) in [5.41, 5.74) is 7.96. The summed E-state index contributed by atoms with van der Waals surface area (Å²) in [4.78, 5) is 30.6. The maximum Gasteiger partial charge on any atom is 0.252 e. The molecule has 0 amide bonds. The van der Waals surface area contributed by atoms with Gasteiger partial charge in [0.2, 0.25) is 5.78 Å². The first-order chi connectivity index (χ1) is 10.6. The molecule has 1 saturated heterocycles. The average Bonchev–Trinajstić information content (AvgIpc) is 2.57. The highest BCUT2D eigenvalue weighted by Gasteiger charge is 2.31. The van der Waals surface area contributed by atoms with E-state index in [0.717, 1.165) is 5.56 Å². The summed E-state index contributed by atoms with van der Waals surface area (Å²) in [6, 6.07) is 7.05. The predicted octanol–water partition coefficient (Wildman–Crippen LogP) is 0.830. The van der Waals surface area contributed by atoms with Gasteiger partial charge < -0.3 is 15.4 Å². The Bertz CT molecular complexity index is 700. The molecule has 0 unspecified atom stereocenters. The number of Topliss-reactive ketones (excluding diaryl/α,β-unsaturated/α-hetero) is 2. The minimum atomic E-state index is -0.604. The number of hydrogen-bond acceptors (Lipinski definition) is 4. The van der Waals surface area contributed by atoms with Gasteiger partial charge in [-0.3, -0.25) is 9.59 Å². The second kappa shape index (κ2) is 5.73. The highest BCUT2D eigenvalue weighted by Crippen LogP contribution is 2.29. The van der Waals surface area contributed by atoms with E-state index in [1.165, 1.54) is 0 Å². The highest BCUT2D eigenvalue weighted by molar-refractivity contribution is 6.52. The van der Waals surface area contributed by atoms with Crippen LogP contribution in [-0.2, 0) is 9.53 Å². The minimum Gasteiger partial charge on any atom is -0.378 e. The number of aliphatic imine (C=N–C) groups is 1. The lowest BCUT2D eigenvalue weighted by atomic mass is 9.88. The molecule has 6 heteroatoms. The van der Waals surface area contributed by atoms with Crippen molar-refractivity contribution in [1.29, 1.82) is 0 Å². The van der Waals surface area contributed by atoms with E-state index in [1.54, 1.807) is 19.1 Å². The second-order valence-electron chi connectivity index (χ2n) is 5.25. The van der Waals surface area contributed by atoms with Gasteiger partial charge in [-0.15, -0.1) is 0 Å². The van der Waals surface area contributed by atoms with E-state index in [4.69, 9.17) is 10.5 Å². The lowest BCUT2D eigenvalue weighted by molar-refractivity contribution is -0.111. The molecule has 22 heavy (non-hydrogen) atoms. The van der Waals surface area contributed by atoms with Crippen molar-refractivity contribution in [2.45, 2.75) is 6.92 Å². The third-order valence-electron chi connectivity index (χ3n) is 3.91. The van der Waals surface area contributed by atoms with Crippen molar-refractivity contribution in [2.24, 2.45) is 10.7 Å². The molecular weight excluding hydrogens is 282 g/mol. The number of allylic oxidation sites excluding steroid dienone is 2. The number of guanidine groups is 1. The molecule has 1 fully saturated rings. The number of morpholine rings is 1. The molecule has 0 atom stereocenters. The van der Waals surface area contributed by atoms with Gasteiger partial charge in [0.05, 0.1) is 13.2 Å². The molecule has 114 valence electrons. The van der Waals surface area contributed by atoms with Gasteiger partial charge in [-0.05, 0) is 18.1 Å². The summed E-state index contributed by atoms with van der Waals surface area (Å²) in [6.07, 6.45) is 0. The fraction of sp³-hybridized carbons (Fsp3) is 0.312. The summed E-state index contributed by atoms with van der Waals surface area (Å²) in [5, 5.41) is 0. The van der Waals surface area contributed by atoms with E-state index in [1.807, 2.05) is 17.0 Å². The highest BCUT2D eigenvalue weighted by atomic mass is 16.5. The van der Waals surface area contributed by atoms with E-state index in [-0.39, 0.29) is 11.7 Å². The number of hydrogen-bond donors (Lipinski definition) is 1. The van der Waals surface area contributed by atoms with Crippen molar-refractivity contribution >= 4 is 23.1 Å². The van der Waals surface area contributed by atoms with Crippen LogP contribution in [0.25, 0.3) is 5.57 Å². The number of nitrogens with two attached hydrogens (primary N) is 1. The molecule has 1 aromatic carbocycles. The molecule has 0 saturated carbocycles. The first-order valence-electron chi connectivity index (χ1n) is 7.15. The van der Waals surface area contributed by atoms with Gasteiger partial charge in [0.25, 0.3) is 5.78 Å². The zero-order valence-electron chi connectivity index (χ0n) is 12.3. The van der Waals surface area contributed by atoms with Gasteiger partial charge in [-0.2, -0.15) is 0 Å². The zero-order chi connectivity index (χ0) is 15.7. The zero-order valence-corrected chi connectivity index (χ0v) is 12.3. The van der Waals surface area contributed by atoms with Gasteiger partial charge >= 0.3 is 0 Å². The molecule has 1 aromatic rings. The maximum absolute atomic E-state index is 12.3. The molecular formula is C16H17N3O3. The Morgan fingerprint density at radius 1 is 1.14 bits per heavy atom. The summed E-state index contributed by atoms with van der Waals surface area (Å²) < 4.78 is 5.26. The summed E-state index contributed by atoms with van der Waals surface area (Å²) in [6.45, 7) is 4.18. The van der Waals surface area contributed by atoms with Gasteiger partial charge in [-0.25, -0.2) is 4.99 Å². The predicted molar refractivity (Wildman–Crippen MR) is 82.4 cm³/mol. The van der Waals surface area contributed by atoms with Gasteiger partial charge in [0, 0.05) is 18.7 Å². The number of nitrogens with zero attached hydrogens (tertiary/aromatic N) is 2. The van der Waals surface area contributed by atoms with Gasteiger partial charge in [0.1, 0.15) is 5.70 Å². The Kier molecular flexibility index (Phi) is 3.77. The van der Waals surface area contributed by atoms with Crippen molar-refractivity contribution < 1.29 is 14.3 Å². The Labute approximate surface area is 128 Å². The number of ether oxygens (including phenoxy) is 1. The molecule has 3 rings (SSSR count). The maximum atomic E-state index is 12.3. The molecule has 6 nitrogen and oxygen atoms in total. The van der Waals surface area contributed by atoms with Crippen LogP contribution in [0.4, 0.5) is 0 Å². The monoisotopic (exact) mass is 299 g/mol. The third kappa shape index (κ3) is 2.42. The van der Waals surface area contributed by atoms with Crippen molar-refractivity contribution in [1.82, 2.24) is 4.90 Å². The second-order valence-corrected chi connectivity index (χ2v) is 5.25. The van der Waals surface area contributed by atoms with E-state index in [9.17, 15) is 9.59 Å². The number of carbonyl (C=O) groups excluding carboxylic acids is 2. The van der Waals surface area contributed by atoms with Crippen LogP contribution in [0.5, 0.6) is 0 Å². The molecule has 0 spiro atoms. The Hall–Kier alpha value is -2.47. The van der Waals surface area contributed by atoms with Crippen molar-refractivity contribution in [3.63, 3.8) is 0 Å². The van der Waals surface area contributed by atoms with Gasteiger partial charge in [-0.1, -0.05) is 24.3 Å². The Morgan fingerprint density at radius 3 is 2.45 bits per heavy atom. The minimum absolute atomic E-state index is 0.132. The molecule has 0 aromatic heterocycles. The van der Waals surface area contributed by atoms with Crippen LogP contribution < -0.4 is 5.73 Å². The summed E-state index contributed by atoms with van der Waals surface area (Å²) >= 11 is 0. The Morgan fingerprint density at radius 2 is 1.77 bits per heavy atom. The summed E-state index contributed by atoms with van der Waals surface area (Å²) in [7, 11) is 0. The molecule has 2 aliphatic rings. The van der Waals surface area contributed by atoms with Gasteiger partial charge in [0.15, 0.2) is 5.96 Å². The van der Waals surface area contributed by atoms with Crippen LogP contribution in [0.2, 0.25) is 0 Å². The van der Waals surface area contributed by atoms with Crippen LogP contribution >= 0.6 is 0 Å². The molecule has 0 bridgehead atoms. The van der Waals surface area contributed by atoms with Crippen molar-refractivity contribution in [3.8, 4) is 0 Å². The number of ketones is 2. The normalized spacial score (nSPS) is 19.5. The standard InChI is InChI=1S/C16H17N3O3/c1-10-11-4-2-3-5-12(11)14(20)15(21)13(10)18-16(17)19-6-8-22-9-7-19/h2-5H,6-9H2,1H3,(H2,17,18). The lowest BCUT2D eigenvalue weighted by Crippen LogP contribution is -2.45. The largest absolute Gasteiger partial charge is 0.378 e. The molecule has 1 heterocycles. The van der Waals surface area contributed by atoms with E-state index in [2.05, 4.69) is 4.99 Å². The smallest absolute Gasteiger partial charge is 0.252 e. The van der Waals surface area contributed by atoms with Crippen molar-refractivity contribution in [2.75, 3.05) is 26.3 Å².